The topological polar surface area (TPSA) is 98.7 Å². The van der Waals surface area contributed by atoms with Crippen molar-refractivity contribution in [3.05, 3.63) is 52.5 Å². The molecule has 2 rings (SSSR count). The Morgan fingerprint density at radius 2 is 1.77 bits per heavy atom. The van der Waals surface area contributed by atoms with E-state index in [1.54, 1.807) is 24.3 Å². The van der Waals surface area contributed by atoms with E-state index in [4.69, 9.17) is 11.6 Å². The maximum atomic E-state index is 13.2. The van der Waals surface area contributed by atoms with E-state index in [1.807, 2.05) is 21.0 Å². The van der Waals surface area contributed by atoms with Gasteiger partial charge in [0.2, 0.25) is 0 Å². The number of para-hydroxylation sites is 1. The minimum atomic E-state index is -4.07. The molecule has 170 valence electrons. The summed E-state index contributed by atoms with van der Waals surface area (Å²) < 4.78 is 28.7. The normalized spacial score (nSPS) is 12.1. The SMILES string of the molecule is CCc1ccc(NS(=O)(=O)c2ccccc2NCC(C)(C)CN(C)C)c(C(=O)O)c1Cl. The van der Waals surface area contributed by atoms with Crippen LogP contribution in [0.1, 0.15) is 36.7 Å². The second-order valence-electron chi connectivity index (χ2n) is 8.48. The highest BCUT2D eigenvalue weighted by Gasteiger charge is 2.25. The number of hydrogen-bond donors (Lipinski definition) is 3. The Kier molecular flexibility index (Phi) is 7.97. The molecular formula is C22H30ClN3O4S. The third-order valence-electron chi connectivity index (χ3n) is 4.74. The summed E-state index contributed by atoms with van der Waals surface area (Å²) in [6, 6.07) is 9.59. The first-order valence-electron chi connectivity index (χ1n) is 9.93. The molecule has 2 aromatic rings. The zero-order chi connectivity index (χ0) is 23.4. The van der Waals surface area contributed by atoms with Crippen molar-refractivity contribution in [3.63, 3.8) is 0 Å². The molecule has 0 heterocycles. The van der Waals surface area contributed by atoms with E-state index in [0.29, 0.717) is 24.2 Å². The summed E-state index contributed by atoms with van der Waals surface area (Å²) in [4.78, 5) is 13.9. The standard InChI is InChI=1S/C22H30ClN3O4S/c1-6-15-11-12-17(19(20(15)23)21(27)28)25-31(29,30)18-10-8-7-9-16(18)24-13-22(2,3)14-26(4)5/h7-12,24-25H,6,13-14H2,1-5H3,(H,27,28). The van der Waals surface area contributed by atoms with Crippen molar-refractivity contribution in [2.75, 3.05) is 37.2 Å². The lowest BCUT2D eigenvalue weighted by Crippen LogP contribution is -2.34. The third kappa shape index (κ3) is 6.35. The zero-order valence-corrected chi connectivity index (χ0v) is 20.1. The molecule has 0 fully saturated rings. The van der Waals surface area contributed by atoms with Crippen LogP contribution < -0.4 is 10.0 Å². The first kappa shape index (κ1) is 25.0. The summed E-state index contributed by atoms with van der Waals surface area (Å²) in [7, 11) is -0.102. The molecule has 3 N–H and O–H groups in total. The van der Waals surface area contributed by atoms with E-state index in [0.717, 1.165) is 6.54 Å². The van der Waals surface area contributed by atoms with Crippen molar-refractivity contribution in [1.29, 1.82) is 0 Å². The molecule has 0 amide bonds. The summed E-state index contributed by atoms with van der Waals surface area (Å²) in [6.07, 6.45) is 0.529. The van der Waals surface area contributed by atoms with Gasteiger partial charge >= 0.3 is 5.97 Å². The van der Waals surface area contributed by atoms with Gasteiger partial charge in [-0.1, -0.05) is 50.6 Å². The van der Waals surface area contributed by atoms with Crippen LogP contribution in [0.15, 0.2) is 41.3 Å². The highest BCUT2D eigenvalue weighted by atomic mass is 35.5. The lowest BCUT2D eigenvalue weighted by atomic mass is 9.93. The summed E-state index contributed by atoms with van der Waals surface area (Å²) in [5.74, 6) is -1.30. The fourth-order valence-electron chi connectivity index (χ4n) is 3.48. The molecule has 0 unspecified atom stereocenters. The lowest BCUT2D eigenvalue weighted by Gasteiger charge is -2.29. The number of benzene rings is 2. The predicted molar refractivity (Wildman–Crippen MR) is 126 cm³/mol. The van der Waals surface area contributed by atoms with Gasteiger partial charge in [0.25, 0.3) is 10.0 Å². The van der Waals surface area contributed by atoms with Gasteiger partial charge in [-0.2, -0.15) is 0 Å². The van der Waals surface area contributed by atoms with Crippen LogP contribution in [0.25, 0.3) is 0 Å². The fraction of sp³-hybridized carbons (Fsp3) is 0.409. The summed E-state index contributed by atoms with van der Waals surface area (Å²) >= 11 is 6.22. The van der Waals surface area contributed by atoms with Gasteiger partial charge in [-0.3, -0.25) is 4.72 Å². The van der Waals surface area contributed by atoms with Crippen molar-refractivity contribution >= 4 is 39.0 Å². The molecule has 31 heavy (non-hydrogen) atoms. The number of aromatic carboxylic acids is 1. The summed E-state index contributed by atoms with van der Waals surface area (Å²) in [5, 5.41) is 12.9. The van der Waals surface area contributed by atoms with E-state index < -0.39 is 16.0 Å². The van der Waals surface area contributed by atoms with Gasteiger partial charge in [-0.05, 0) is 49.7 Å². The molecule has 0 aliphatic rings. The van der Waals surface area contributed by atoms with Crippen molar-refractivity contribution in [1.82, 2.24) is 4.90 Å². The van der Waals surface area contributed by atoms with Crippen molar-refractivity contribution in [2.45, 2.75) is 32.1 Å². The van der Waals surface area contributed by atoms with Gasteiger partial charge in [0, 0.05) is 13.1 Å². The minimum Gasteiger partial charge on any atom is -0.478 e. The van der Waals surface area contributed by atoms with E-state index >= 15 is 0 Å². The fourth-order valence-corrected chi connectivity index (χ4v) is 5.12. The van der Waals surface area contributed by atoms with Crippen LogP contribution in [-0.4, -0.2) is 51.6 Å². The monoisotopic (exact) mass is 467 g/mol. The Balaban J connectivity index is 2.38. The third-order valence-corrected chi connectivity index (χ3v) is 6.59. The maximum absolute atomic E-state index is 13.2. The van der Waals surface area contributed by atoms with Crippen LogP contribution in [0.4, 0.5) is 11.4 Å². The molecule has 7 nitrogen and oxygen atoms in total. The van der Waals surface area contributed by atoms with Gasteiger partial charge in [0.15, 0.2) is 0 Å². The Morgan fingerprint density at radius 1 is 1.13 bits per heavy atom. The first-order valence-corrected chi connectivity index (χ1v) is 11.8. The van der Waals surface area contributed by atoms with Crippen LogP contribution in [0, 0.1) is 5.41 Å². The Morgan fingerprint density at radius 3 is 2.35 bits per heavy atom. The smallest absolute Gasteiger partial charge is 0.339 e. The molecule has 0 radical (unpaired) electrons. The van der Waals surface area contributed by atoms with Gasteiger partial charge in [-0.25, -0.2) is 13.2 Å². The lowest BCUT2D eigenvalue weighted by molar-refractivity contribution is 0.0698. The Bertz CT molecular complexity index is 1050. The molecule has 0 spiro atoms. The number of halogens is 1. The molecule has 0 aliphatic heterocycles. The van der Waals surface area contributed by atoms with Crippen LogP contribution in [0.5, 0.6) is 0 Å². The molecule has 0 saturated carbocycles. The molecule has 0 bridgehead atoms. The quantitative estimate of drug-likeness (QED) is 0.479. The number of carboxylic acid groups (broad SMARTS) is 1. The minimum absolute atomic E-state index is 0.0303. The molecule has 9 heteroatoms. The van der Waals surface area contributed by atoms with Crippen LogP contribution in [0.3, 0.4) is 0 Å². The number of carbonyl (C=O) groups is 1. The number of aryl methyl sites for hydroxylation is 1. The average molecular weight is 468 g/mol. The predicted octanol–water partition coefficient (Wildman–Crippen LogP) is 4.40. The average Bonchev–Trinajstić information content (AvgIpc) is 2.65. The van der Waals surface area contributed by atoms with Gasteiger partial charge in [-0.15, -0.1) is 0 Å². The van der Waals surface area contributed by atoms with Gasteiger partial charge < -0.3 is 15.3 Å². The van der Waals surface area contributed by atoms with Gasteiger partial charge in [0.05, 0.1) is 16.4 Å². The van der Waals surface area contributed by atoms with Crippen molar-refractivity contribution < 1.29 is 18.3 Å². The number of sulfonamides is 1. The zero-order valence-electron chi connectivity index (χ0n) is 18.5. The van der Waals surface area contributed by atoms with Crippen molar-refractivity contribution in [2.24, 2.45) is 5.41 Å². The molecule has 0 atom stereocenters. The summed E-state index contributed by atoms with van der Waals surface area (Å²) in [6.45, 7) is 7.39. The van der Waals surface area contributed by atoms with E-state index in [-0.39, 0.29) is 26.6 Å². The second-order valence-corrected chi connectivity index (χ2v) is 10.5. The number of rotatable bonds is 10. The maximum Gasteiger partial charge on any atom is 0.339 e. The number of carboxylic acids is 1. The van der Waals surface area contributed by atoms with E-state index in [1.165, 1.54) is 12.1 Å². The second kappa shape index (κ2) is 9.89. The number of hydrogen-bond acceptors (Lipinski definition) is 5. The molecular weight excluding hydrogens is 438 g/mol. The number of nitrogens with one attached hydrogen (secondary N) is 2. The largest absolute Gasteiger partial charge is 0.478 e. The Hall–Kier alpha value is -2.29. The molecule has 0 aromatic heterocycles. The van der Waals surface area contributed by atoms with Crippen molar-refractivity contribution in [3.8, 4) is 0 Å². The highest BCUT2D eigenvalue weighted by Crippen LogP contribution is 2.32. The summed E-state index contributed by atoms with van der Waals surface area (Å²) in [5.41, 5.74) is 0.634. The van der Waals surface area contributed by atoms with Crippen LogP contribution in [0.2, 0.25) is 5.02 Å². The Labute approximate surface area is 189 Å². The molecule has 2 aromatic carbocycles. The van der Waals surface area contributed by atoms with E-state index in [9.17, 15) is 18.3 Å². The van der Waals surface area contributed by atoms with E-state index in [2.05, 4.69) is 28.8 Å². The number of nitrogens with zero attached hydrogens (tertiary/aromatic N) is 1. The molecule has 0 aliphatic carbocycles. The first-order chi connectivity index (χ1) is 14.4. The van der Waals surface area contributed by atoms with Gasteiger partial charge in [0.1, 0.15) is 10.5 Å². The van der Waals surface area contributed by atoms with Crippen LogP contribution in [-0.2, 0) is 16.4 Å². The number of anilines is 2. The van der Waals surface area contributed by atoms with Crippen LogP contribution >= 0.6 is 11.6 Å². The highest BCUT2D eigenvalue weighted by molar-refractivity contribution is 7.92. The molecule has 0 saturated heterocycles.